The Morgan fingerprint density at radius 3 is 2.38 bits per heavy atom. The number of alkyl halides is 3. The van der Waals surface area contributed by atoms with Crippen LogP contribution in [0.25, 0.3) is 0 Å². The molecule has 0 aliphatic carbocycles. The van der Waals surface area contributed by atoms with Gasteiger partial charge in [0.1, 0.15) is 6.61 Å². The number of nitrogens with zero attached hydrogens (tertiary/aromatic N) is 2. The molecule has 0 aliphatic heterocycles. The van der Waals surface area contributed by atoms with E-state index in [1.165, 1.54) is 0 Å². The van der Waals surface area contributed by atoms with Crippen molar-refractivity contribution < 1.29 is 27.2 Å². The van der Waals surface area contributed by atoms with Gasteiger partial charge in [0.2, 0.25) is 11.8 Å². The third-order valence-electron chi connectivity index (χ3n) is 3.98. The molecule has 2 rings (SSSR count). The van der Waals surface area contributed by atoms with Gasteiger partial charge in [-0.25, -0.2) is 0 Å². The van der Waals surface area contributed by atoms with Crippen molar-refractivity contribution in [3.05, 3.63) is 47.1 Å². The number of rotatable bonds is 9. The van der Waals surface area contributed by atoms with E-state index in [-0.39, 0.29) is 17.9 Å². The van der Waals surface area contributed by atoms with Crippen molar-refractivity contribution in [1.82, 2.24) is 15.5 Å². The van der Waals surface area contributed by atoms with Crippen LogP contribution in [0.2, 0.25) is 0 Å². The number of aryl methyl sites for hydroxylation is 1. The van der Waals surface area contributed by atoms with Crippen LogP contribution in [0.15, 0.2) is 28.8 Å². The van der Waals surface area contributed by atoms with Crippen LogP contribution in [0.3, 0.4) is 0 Å². The number of ether oxygens (including phenoxy) is 1. The Morgan fingerprint density at radius 1 is 1.14 bits per heavy atom. The van der Waals surface area contributed by atoms with Gasteiger partial charge in [0, 0.05) is 24.8 Å². The van der Waals surface area contributed by atoms with Crippen molar-refractivity contribution in [1.29, 1.82) is 0 Å². The summed E-state index contributed by atoms with van der Waals surface area (Å²) >= 11 is 0. The van der Waals surface area contributed by atoms with Crippen LogP contribution in [-0.4, -0.2) is 28.8 Å². The fraction of sp³-hybridized carbons (Fsp3) is 0.550. The first-order valence-corrected chi connectivity index (χ1v) is 9.35. The van der Waals surface area contributed by atoms with Crippen LogP contribution >= 0.6 is 0 Å². The highest BCUT2D eigenvalue weighted by molar-refractivity contribution is 5.75. The van der Waals surface area contributed by atoms with Crippen molar-refractivity contribution >= 4 is 5.91 Å². The average molecular weight is 413 g/mol. The predicted octanol–water partition coefficient (Wildman–Crippen LogP) is 4.09. The first kappa shape index (κ1) is 22.9. The van der Waals surface area contributed by atoms with Gasteiger partial charge in [-0.2, -0.15) is 18.2 Å². The topological polar surface area (TPSA) is 77.2 Å². The molecule has 0 fully saturated rings. The second-order valence-electron chi connectivity index (χ2n) is 7.82. The van der Waals surface area contributed by atoms with E-state index < -0.39 is 12.8 Å². The molecule has 0 saturated carbocycles. The molecule has 1 heterocycles. The Hall–Kier alpha value is -2.42. The smallest absolute Gasteiger partial charge is 0.367 e. The predicted molar refractivity (Wildman–Crippen MR) is 99.9 cm³/mol. The highest BCUT2D eigenvalue weighted by atomic mass is 19.4. The largest absolute Gasteiger partial charge is 0.411 e. The van der Waals surface area contributed by atoms with Crippen molar-refractivity contribution in [3.63, 3.8) is 0 Å². The maximum atomic E-state index is 12.1. The summed E-state index contributed by atoms with van der Waals surface area (Å²) in [4.78, 5) is 16.3. The lowest BCUT2D eigenvalue weighted by Crippen LogP contribution is -2.22. The summed E-state index contributed by atoms with van der Waals surface area (Å²) in [7, 11) is 0. The van der Waals surface area contributed by atoms with E-state index in [9.17, 15) is 18.0 Å². The highest BCUT2D eigenvalue weighted by Gasteiger charge is 2.27. The molecule has 1 amide bonds. The lowest BCUT2D eigenvalue weighted by atomic mass is 9.96. The van der Waals surface area contributed by atoms with Crippen molar-refractivity contribution in [2.45, 2.75) is 64.8 Å². The summed E-state index contributed by atoms with van der Waals surface area (Å²) in [5, 5.41) is 6.76. The van der Waals surface area contributed by atoms with Gasteiger partial charge < -0.3 is 14.6 Å². The average Bonchev–Trinajstić information content (AvgIpc) is 3.09. The van der Waals surface area contributed by atoms with Gasteiger partial charge in [-0.3, -0.25) is 4.79 Å². The number of carbonyl (C=O) groups is 1. The van der Waals surface area contributed by atoms with Gasteiger partial charge in [0.05, 0.1) is 6.61 Å². The number of benzene rings is 1. The van der Waals surface area contributed by atoms with Crippen molar-refractivity contribution in [3.8, 4) is 0 Å². The van der Waals surface area contributed by atoms with E-state index in [0.717, 1.165) is 5.56 Å². The zero-order valence-corrected chi connectivity index (χ0v) is 16.8. The molecule has 0 radical (unpaired) electrons. The lowest BCUT2D eigenvalue weighted by molar-refractivity contribution is -0.176. The number of nitrogens with one attached hydrogen (secondary N) is 1. The number of aromatic nitrogens is 2. The monoisotopic (exact) mass is 413 g/mol. The Morgan fingerprint density at radius 2 is 1.79 bits per heavy atom. The number of hydrogen-bond donors (Lipinski definition) is 1. The second-order valence-corrected chi connectivity index (χ2v) is 7.82. The van der Waals surface area contributed by atoms with Crippen LogP contribution in [0.4, 0.5) is 13.2 Å². The molecule has 160 valence electrons. The zero-order valence-electron chi connectivity index (χ0n) is 16.8. The summed E-state index contributed by atoms with van der Waals surface area (Å²) in [6.07, 6.45) is -2.88. The Labute approximate surface area is 167 Å². The summed E-state index contributed by atoms with van der Waals surface area (Å²) in [5.74, 6) is 1.06. The molecule has 1 N–H and O–H groups in total. The quantitative estimate of drug-likeness (QED) is 0.670. The maximum Gasteiger partial charge on any atom is 0.411 e. The number of carbonyl (C=O) groups excluding carboxylic acids is 1. The van der Waals surface area contributed by atoms with Crippen LogP contribution in [0.1, 0.15) is 56.5 Å². The van der Waals surface area contributed by atoms with Crippen LogP contribution in [-0.2, 0) is 34.5 Å². The Balaban J connectivity index is 1.66. The van der Waals surface area contributed by atoms with Gasteiger partial charge in [0.15, 0.2) is 5.82 Å². The number of hydrogen-bond acceptors (Lipinski definition) is 5. The van der Waals surface area contributed by atoms with E-state index in [0.29, 0.717) is 43.1 Å². The van der Waals surface area contributed by atoms with E-state index in [4.69, 9.17) is 4.52 Å². The molecule has 1 aromatic carbocycles. The normalized spacial score (nSPS) is 12.2. The molecule has 2 aromatic rings. The lowest BCUT2D eigenvalue weighted by Gasteiger charge is -2.10. The molecular weight excluding hydrogens is 387 g/mol. The molecule has 0 atom stereocenters. The van der Waals surface area contributed by atoms with E-state index >= 15 is 0 Å². The first-order chi connectivity index (χ1) is 13.5. The van der Waals surface area contributed by atoms with Gasteiger partial charge >= 0.3 is 6.18 Å². The molecule has 9 heteroatoms. The molecule has 0 spiro atoms. The van der Waals surface area contributed by atoms with Gasteiger partial charge in [0.25, 0.3) is 0 Å². The minimum absolute atomic E-state index is 0.0989. The molecule has 29 heavy (non-hydrogen) atoms. The number of amides is 1. The molecule has 0 aliphatic rings. The van der Waals surface area contributed by atoms with E-state index in [1.54, 1.807) is 24.3 Å². The fourth-order valence-corrected chi connectivity index (χ4v) is 2.39. The summed E-state index contributed by atoms with van der Waals surface area (Å²) in [5.41, 5.74) is 1.31. The molecular formula is C20H26F3N3O3. The van der Waals surface area contributed by atoms with Gasteiger partial charge in [-0.15, -0.1) is 0 Å². The zero-order chi connectivity index (χ0) is 21.5. The molecule has 0 saturated heterocycles. The maximum absolute atomic E-state index is 12.1. The number of halogens is 3. The Kier molecular flexibility index (Phi) is 7.78. The second kappa shape index (κ2) is 9.87. The first-order valence-electron chi connectivity index (χ1n) is 9.35. The third-order valence-corrected chi connectivity index (χ3v) is 3.98. The van der Waals surface area contributed by atoms with Crippen molar-refractivity contribution in [2.75, 3.05) is 6.61 Å². The van der Waals surface area contributed by atoms with E-state index in [2.05, 4.69) is 20.2 Å². The molecule has 0 unspecified atom stereocenters. The summed E-state index contributed by atoms with van der Waals surface area (Å²) < 4.78 is 46.0. The minimum atomic E-state index is -4.33. The van der Waals surface area contributed by atoms with Crippen LogP contribution in [0.5, 0.6) is 0 Å². The van der Waals surface area contributed by atoms with Gasteiger partial charge in [-0.05, 0) is 17.5 Å². The standard InChI is InChI=1S/C20H26F3N3O3/c1-19(2,3)18-25-17(29-26-18)6-4-5-16(27)24-11-14-7-9-15(10-8-14)12-28-13-20(21,22)23/h7-10H,4-6,11-13H2,1-3H3,(H,24,27). The van der Waals surface area contributed by atoms with Crippen LogP contribution < -0.4 is 5.32 Å². The Bertz CT molecular complexity index is 781. The molecule has 0 bridgehead atoms. The SMILES string of the molecule is CC(C)(C)c1noc(CCCC(=O)NCc2ccc(COCC(F)(F)F)cc2)n1. The fourth-order valence-electron chi connectivity index (χ4n) is 2.39. The third kappa shape index (κ3) is 8.64. The molecule has 1 aromatic heterocycles. The van der Waals surface area contributed by atoms with E-state index in [1.807, 2.05) is 20.8 Å². The van der Waals surface area contributed by atoms with Crippen LogP contribution in [0, 0.1) is 0 Å². The van der Waals surface area contributed by atoms with Gasteiger partial charge in [-0.1, -0.05) is 50.2 Å². The minimum Gasteiger partial charge on any atom is -0.367 e. The van der Waals surface area contributed by atoms with Crippen molar-refractivity contribution in [2.24, 2.45) is 0 Å². The summed E-state index contributed by atoms with van der Waals surface area (Å²) in [6.45, 7) is 4.95. The summed E-state index contributed by atoms with van der Waals surface area (Å²) in [6, 6.07) is 6.86. The molecule has 6 nitrogen and oxygen atoms in total. The highest BCUT2D eigenvalue weighted by Crippen LogP contribution is 2.19.